The molecule has 2 heterocycles. The van der Waals surface area contributed by atoms with E-state index >= 15 is 0 Å². The fourth-order valence-corrected chi connectivity index (χ4v) is 8.14. The van der Waals surface area contributed by atoms with Gasteiger partial charge in [0.1, 0.15) is 48.8 Å². The molecule has 0 aliphatic carbocycles. The Morgan fingerprint density at radius 3 is 1.53 bits per heavy atom. The molecular weight excluding hydrogens is 823 g/mol. The fourth-order valence-electron chi connectivity index (χ4n) is 8.14. The average molecular weight is 914 g/mol. The molecule has 2 aliphatic rings. The van der Waals surface area contributed by atoms with Crippen molar-refractivity contribution in [3.63, 3.8) is 0 Å². The van der Waals surface area contributed by atoms with E-state index in [4.69, 9.17) is 18.9 Å². The molecule has 0 radical (unpaired) electrons. The topological polar surface area (TPSA) is 228 Å². The molecule has 0 bridgehead atoms. The predicted octanol–water partition coefficient (Wildman–Crippen LogP) is 6.32. The van der Waals surface area contributed by atoms with Crippen LogP contribution in [0.25, 0.3) is 0 Å². The monoisotopic (exact) mass is 914 g/mol. The summed E-state index contributed by atoms with van der Waals surface area (Å²) in [4.78, 5) is 12.8. The van der Waals surface area contributed by atoms with Gasteiger partial charge in [-0.1, -0.05) is 166 Å². The third-order valence-corrected chi connectivity index (χ3v) is 12.3. The Kier molecular flexibility index (Phi) is 33.9. The molecule has 12 atom stereocenters. The van der Waals surface area contributed by atoms with Gasteiger partial charge in [0.05, 0.1) is 32.0 Å². The normalized spacial score (nSPS) is 27.5. The van der Waals surface area contributed by atoms with Crippen LogP contribution in [0.2, 0.25) is 0 Å². The SMILES string of the molecule is CCCCCCCCCCCCCCCCCCC/C=C/CC/C=C/CC/C=C/C(O)C(COC1OC(CO)C(OC2OC(CO)C(O)C(O)C2O)C(O)C1O)NC(=O)CCCCC. The van der Waals surface area contributed by atoms with Crippen molar-refractivity contribution in [2.45, 2.75) is 254 Å². The summed E-state index contributed by atoms with van der Waals surface area (Å²) in [5.41, 5.74) is 0. The number of rotatable bonds is 38. The van der Waals surface area contributed by atoms with Gasteiger partial charge in [-0.3, -0.25) is 4.79 Å². The first-order valence-electron chi connectivity index (χ1n) is 25.2. The fraction of sp³-hybridized carbons (Fsp3) is 0.860. The molecular formula is C50H91NO13. The Morgan fingerprint density at radius 2 is 1.00 bits per heavy atom. The van der Waals surface area contributed by atoms with Crippen LogP contribution in [0.1, 0.15) is 181 Å². The van der Waals surface area contributed by atoms with Crippen molar-refractivity contribution in [2.24, 2.45) is 0 Å². The van der Waals surface area contributed by atoms with E-state index in [1.54, 1.807) is 6.08 Å². The largest absolute Gasteiger partial charge is 0.394 e. The molecule has 9 N–H and O–H groups in total. The number of allylic oxidation sites excluding steroid dienone is 5. The number of aliphatic hydroxyl groups excluding tert-OH is 8. The van der Waals surface area contributed by atoms with Crippen molar-refractivity contribution >= 4 is 5.91 Å². The number of ether oxygens (including phenoxy) is 4. The van der Waals surface area contributed by atoms with E-state index in [0.717, 1.165) is 38.5 Å². The maximum absolute atomic E-state index is 12.8. The Morgan fingerprint density at radius 1 is 0.547 bits per heavy atom. The summed E-state index contributed by atoms with van der Waals surface area (Å²) in [5, 5.41) is 86.0. The van der Waals surface area contributed by atoms with Gasteiger partial charge in [0, 0.05) is 6.42 Å². The van der Waals surface area contributed by atoms with Crippen molar-refractivity contribution in [1.29, 1.82) is 0 Å². The minimum absolute atomic E-state index is 0.255. The van der Waals surface area contributed by atoms with Crippen LogP contribution >= 0.6 is 0 Å². The Labute approximate surface area is 385 Å². The summed E-state index contributed by atoms with van der Waals surface area (Å²) in [6.07, 6.45) is 26.1. The van der Waals surface area contributed by atoms with Gasteiger partial charge in [-0.15, -0.1) is 0 Å². The first-order valence-corrected chi connectivity index (χ1v) is 25.2. The van der Waals surface area contributed by atoms with Crippen LogP contribution in [-0.4, -0.2) is 140 Å². The second-order valence-corrected chi connectivity index (χ2v) is 17.9. The van der Waals surface area contributed by atoms with Gasteiger partial charge in [0.15, 0.2) is 12.6 Å². The Hall–Kier alpha value is -1.79. The van der Waals surface area contributed by atoms with Crippen LogP contribution < -0.4 is 5.32 Å². The quantitative estimate of drug-likeness (QED) is 0.0244. The van der Waals surface area contributed by atoms with Gasteiger partial charge in [-0.2, -0.15) is 0 Å². The van der Waals surface area contributed by atoms with Gasteiger partial charge >= 0.3 is 0 Å². The molecule has 12 unspecified atom stereocenters. The highest BCUT2D eigenvalue weighted by atomic mass is 16.7. The van der Waals surface area contributed by atoms with E-state index < -0.39 is 86.8 Å². The zero-order chi connectivity index (χ0) is 46.8. The molecule has 0 aromatic carbocycles. The van der Waals surface area contributed by atoms with Crippen molar-refractivity contribution in [1.82, 2.24) is 5.32 Å². The molecule has 0 aromatic rings. The molecule has 2 aliphatic heterocycles. The van der Waals surface area contributed by atoms with Crippen LogP contribution in [0.5, 0.6) is 0 Å². The lowest BCUT2D eigenvalue weighted by Gasteiger charge is -2.46. The zero-order valence-electron chi connectivity index (χ0n) is 39.5. The van der Waals surface area contributed by atoms with Gasteiger partial charge < -0.3 is 65.1 Å². The third kappa shape index (κ3) is 24.3. The van der Waals surface area contributed by atoms with E-state index in [9.17, 15) is 45.6 Å². The second-order valence-electron chi connectivity index (χ2n) is 17.9. The number of aliphatic hydroxyl groups is 8. The highest BCUT2D eigenvalue weighted by Gasteiger charge is 2.51. The number of carbonyl (C=O) groups is 1. The van der Waals surface area contributed by atoms with E-state index in [1.807, 2.05) is 13.0 Å². The summed E-state index contributed by atoms with van der Waals surface area (Å²) in [6, 6.07) is -0.930. The van der Waals surface area contributed by atoms with Crippen LogP contribution in [0.15, 0.2) is 36.5 Å². The molecule has 2 saturated heterocycles. The summed E-state index contributed by atoms with van der Waals surface area (Å²) in [5.74, 6) is -0.280. The number of amides is 1. The first kappa shape index (κ1) is 58.3. The van der Waals surface area contributed by atoms with E-state index in [0.29, 0.717) is 12.8 Å². The highest BCUT2D eigenvalue weighted by molar-refractivity contribution is 5.76. The van der Waals surface area contributed by atoms with Gasteiger partial charge in [-0.05, 0) is 44.9 Å². The molecule has 0 spiro atoms. The minimum atomic E-state index is -1.79. The van der Waals surface area contributed by atoms with Crippen molar-refractivity contribution in [3.05, 3.63) is 36.5 Å². The van der Waals surface area contributed by atoms with E-state index in [1.165, 1.54) is 109 Å². The van der Waals surface area contributed by atoms with Gasteiger partial charge in [0.25, 0.3) is 0 Å². The maximum Gasteiger partial charge on any atom is 0.220 e. The van der Waals surface area contributed by atoms with Gasteiger partial charge in [-0.25, -0.2) is 0 Å². The lowest BCUT2D eigenvalue weighted by atomic mass is 9.97. The van der Waals surface area contributed by atoms with Crippen LogP contribution in [-0.2, 0) is 23.7 Å². The van der Waals surface area contributed by atoms with E-state index in [-0.39, 0.29) is 18.9 Å². The number of hydrogen-bond acceptors (Lipinski definition) is 13. The van der Waals surface area contributed by atoms with Gasteiger partial charge in [0.2, 0.25) is 5.91 Å². The second kappa shape index (κ2) is 37.2. The predicted molar refractivity (Wildman–Crippen MR) is 249 cm³/mol. The molecule has 2 fully saturated rings. The molecule has 0 saturated carbocycles. The number of unbranched alkanes of at least 4 members (excludes halogenated alkanes) is 21. The maximum atomic E-state index is 12.8. The molecule has 1 amide bonds. The first-order chi connectivity index (χ1) is 31.1. The van der Waals surface area contributed by atoms with Crippen molar-refractivity contribution in [3.8, 4) is 0 Å². The summed E-state index contributed by atoms with van der Waals surface area (Å²) in [7, 11) is 0. The standard InChI is InChI=1S/C50H91NO13/c1-3-5-7-8-9-10-11-12-13-14-15-16-17-18-19-20-21-22-23-24-25-26-27-28-29-30-32-33-39(54)38(51-42(55)34-31-6-4-2)37-61-49-47(60)45(58)48(41(36-53)63-49)64-50-46(59)44(57)43(56)40(35-52)62-50/h23-24,27-28,32-33,38-41,43-50,52-54,56-60H,3-22,25-26,29-31,34-37H2,1-2H3,(H,51,55)/b24-23+,28-27+,33-32+. The molecule has 2 rings (SSSR count). The van der Waals surface area contributed by atoms with E-state index in [2.05, 4.69) is 36.5 Å². The lowest BCUT2D eigenvalue weighted by molar-refractivity contribution is -0.359. The lowest BCUT2D eigenvalue weighted by Crippen LogP contribution is -2.65. The minimum Gasteiger partial charge on any atom is -0.394 e. The summed E-state index contributed by atoms with van der Waals surface area (Å²) < 4.78 is 22.5. The number of hydrogen-bond donors (Lipinski definition) is 9. The number of nitrogens with one attached hydrogen (secondary N) is 1. The van der Waals surface area contributed by atoms with Crippen molar-refractivity contribution in [2.75, 3.05) is 19.8 Å². The molecule has 0 aromatic heterocycles. The average Bonchev–Trinajstić information content (AvgIpc) is 3.29. The molecule has 14 nitrogen and oxygen atoms in total. The van der Waals surface area contributed by atoms with Crippen LogP contribution in [0.4, 0.5) is 0 Å². The summed E-state index contributed by atoms with van der Waals surface area (Å²) in [6.45, 7) is 2.56. The highest BCUT2D eigenvalue weighted by Crippen LogP contribution is 2.30. The smallest absolute Gasteiger partial charge is 0.220 e. The zero-order valence-corrected chi connectivity index (χ0v) is 39.5. The molecule has 64 heavy (non-hydrogen) atoms. The van der Waals surface area contributed by atoms with Crippen LogP contribution in [0.3, 0.4) is 0 Å². The summed E-state index contributed by atoms with van der Waals surface area (Å²) >= 11 is 0. The van der Waals surface area contributed by atoms with Crippen LogP contribution in [0, 0.1) is 0 Å². The molecule has 374 valence electrons. The van der Waals surface area contributed by atoms with Crippen molar-refractivity contribution < 1.29 is 64.6 Å². The molecule has 14 heteroatoms. The Bertz CT molecular complexity index is 1220. The Balaban J connectivity index is 1.67. The number of carbonyl (C=O) groups excluding carboxylic acids is 1. The third-order valence-electron chi connectivity index (χ3n) is 12.3.